The Hall–Kier alpha value is -1.89. The van der Waals surface area contributed by atoms with Gasteiger partial charge in [0.15, 0.2) is 5.65 Å². The van der Waals surface area contributed by atoms with E-state index in [2.05, 4.69) is 27.0 Å². The maximum absolute atomic E-state index is 11.9. The largest absolute Gasteiger partial charge is 0.378 e. The Morgan fingerprint density at radius 2 is 2.21 bits per heavy atom. The molecule has 7 nitrogen and oxygen atoms in total. The summed E-state index contributed by atoms with van der Waals surface area (Å²) >= 11 is 0. The number of anilines is 1. The first kappa shape index (κ1) is 12.2. The fraction of sp³-hybridized carbons (Fsp3) is 0.583. The predicted molar refractivity (Wildman–Crippen MR) is 70.6 cm³/mol. The highest BCUT2D eigenvalue weighted by Crippen LogP contribution is 2.15. The molecule has 3 rings (SSSR count). The lowest BCUT2D eigenvalue weighted by Gasteiger charge is -2.28. The zero-order valence-corrected chi connectivity index (χ0v) is 10.9. The number of hydrogen-bond acceptors (Lipinski definition) is 5. The van der Waals surface area contributed by atoms with Crippen LogP contribution in [0.25, 0.3) is 5.65 Å². The maximum atomic E-state index is 11.9. The van der Waals surface area contributed by atoms with Gasteiger partial charge < -0.3 is 9.64 Å². The summed E-state index contributed by atoms with van der Waals surface area (Å²) in [6, 6.07) is 1.87. The number of aromatic amines is 1. The fourth-order valence-electron chi connectivity index (χ4n) is 2.32. The molecule has 1 N–H and O–H groups in total. The fourth-order valence-corrected chi connectivity index (χ4v) is 2.32. The van der Waals surface area contributed by atoms with Crippen molar-refractivity contribution in [3.8, 4) is 0 Å². The Bertz CT molecular complexity index is 627. The first-order chi connectivity index (χ1) is 9.29. The second kappa shape index (κ2) is 5.00. The standard InChI is InChI=1S/C12H17N5O2/c1-2-3-9-8-10-14-15-12(18)17(10)11(13-9)16-4-6-19-7-5-16/h8H,2-7H2,1H3,(H,15,18). The summed E-state index contributed by atoms with van der Waals surface area (Å²) in [5.74, 6) is 0.669. The lowest BCUT2D eigenvalue weighted by atomic mass is 10.2. The van der Waals surface area contributed by atoms with Crippen LogP contribution in [-0.2, 0) is 11.2 Å². The van der Waals surface area contributed by atoms with Crippen molar-refractivity contribution in [2.75, 3.05) is 31.2 Å². The summed E-state index contributed by atoms with van der Waals surface area (Å²) in [6.07, 6.45) is 1.90. The van der Waals surface area contributed by atoms with Crippen LogP contribution in [0.2, 0.25) is 0 Å². The molecule has 0 aliphatic carbocycles. The number of aryl methyl sites for hydroxylation is 1. The second-order valence-corrected chi connectivity index (χ2v) is 4.62. The minimum absolute atomic E-state index is 0.243. The molecule has 0 unspecified atom stereocenters. The average molecular weight is 263 g/mol. The van der Waals surface area contributed by atoms with Gasteiger partial charge in [-0.25, -0.2) is 19.3 Å². The van der Waals surface area contributed by atoms with Crippen LogP contribution < -0.4 is 10.6 Å². The van der Waals surface area contributed by atoms with E-state index in [0.29, 0.717) is 24.8 Å². The molecule has 0 aromatic carbocycles. The molecule has 2 aromatic heterocycles. The first-order valence-electron chi connectivity index (χ1n) is 6.59. The highest BCUT2D eigenvalue weighted by molar-refractivity contribution is 5.47. The highest BCUT2D eigenvalue weighted by atomic mass is 16.5. The number of fused-ring (bicyclic) bond motifs is 1. The summed E-state index contributed by atoms with van der Waals surface area (Å²) in [7, 11) is 0. The molecule has 1 fully saturated rings. The van der Waals surface area contributed by atoms with Gasteiger partial charge in [-0.1, -0.05) is 13.3 Å². The van der Waals surface area contributed by atoms with Crippen LogP contribution in [0, 0.1) is 0 Å². The second-order valence-electron chi connectivity index (χ2n) is 4.62. The van der Waals surface area contributed by atoms with Crippen molar-refractivity contribution in [1.82, 2.24) is 19.6 Å². The monoisotopic (exact) mass is 263 g/mol. The van der Waals surface area contributed by atoms with E-state index in [9.17, 15) is 4.79 Å². The van der Waals surface area contributed by atoms with Crippen LogP contribution in [0.15, 0.2) is 10.9 Å². The molecule has 0 atom stereocenters. The Balaban J connectivity index is 2.12. The smallest absolute Gasteiger partial charge is 0.350 e. The molecule has 0 bridgehead atoms. The molecule has 7 heteroatoms. The minimum Gasteiger partial charge on any atom is -0.378 e. The molecule has 2 aromatic rings. The van der Waals surface area contributed by atoms with E-state index in [0.717, 1.165) is 31.6 Å². The molecular weight excluding hydrogens is 246 g/mol. The van der Waals surface area contributed by atoms with E-state index < -0.39 is 0 Å². The van der Waals surface area contributed by atoms with Gasteiger partial charge in [-0.2, -0.15) is 5.10 Å². The van der Waals surface area contributed by atoms with Crippen molar-refractivity contribution < 1.29 is 4.74 Å². The Labute approximate surface area is 110 Å². The van der Waals surface area contributed by atoms with E-state index in [-0.39, 0.29) is 5.69 Å². The molecule has 102 valence electrons. The number of H-pyrrole nitrogens is 1. The molecule has 1 saturated heterocycles. The summed E-state index contributed by atoms with van der Waals surface area (Å²) in [4.78, 5) is 18.6. The number of nitrogens with one attached hydrogen (secondary N) is 1. The van der Waals surface area contributed by atoms with Gasteiger partial charge in [0.25, 0.3) is 0 Å². The van der Waals surface area contributed by atoms with Gasteiger partial charge in [-0.05, 0) is 6.42 Å². The number of aromatic nitrogens is 4. The van der Waals surface area contributed by atoms with Crippen LogP contribution in [0.4, 0.5) is 5.95 Å². The summed E-state index contributed by atoms with van der Waals surface area (Å²) < 4.78 is 6.87. The normalized spacial score (nSPS) is 16.2. The third-order valence-corrected chi connectivity index (χ3v) is 3.24. The molecule has 0 spiro atoms. The van der Waals surface area contributed by atoms with E-state index in [4.69, 9.17) is 4.74 Å². The van der Waals surface area contributed by atoms with Gasteiger partial charge in [0.1, 0.15) is 0 Å². The van der Waals surface area contributed by atoms with Gasteiger partial charge in [-0.3, -0.25) is 0 Å². The van der Waals surface area contributed by atoms with Crippen molar-refractivity contribution in [2.45, 2.75) is 19.8 Å². The predicted octanol–water partition coefficient (Wildman–Crippen LogP) is 0.207. The zero-order valence-electron chi connectivity index (χ0n) is 10.9. The minimum atomic E-state index is -0.243. The third kappa shape index (κ3) is 2.21. The van der Waals surface area contributed by atoms with Crippen molar-refractivity contribution in [3.63, 3.8) is 0 Å². The molecule has 1 aliphatic heterocycles. The lowest BCUT2D eigenvalue weighted by Crippen LogP contribution is -2.39. The van der Waals surface area contributed by atoms with Gasteiger partial charge in [0.05, 0.1) is 13.2 Å². The van der Waals surface area contributed by atoms with Crippen molar-refractivity contribution in [2.24, 2.45) is 0 Å². The van der Waals surface area contributed by atoms with Gasteiger partial charge in [-0.15, -0.1) is 0 Å². The summed E-state index contributed by atoms with van der Waals surface area (Å²) in [5.41, 5.74) is 1.35. The molecule has 3 heterocycles. The lowest BCUT2D eigenvalue weighted by molar-refractivity contribution is 0.122. The topological polar surface area (TPSA) is 75.5 Å². The molecule has 19 heavy (non-hydrogen) atoms. The molecule has 0 amide bonds. The van der Waals surface area contributed by atoms with Crippen LogP contribution in [0.1, 0.15) is 19.0 Å². The van der Waals surface area contributed by atoms with Crippen molar-refractivity contribution in [3.05, 3.63) is 22.2 Å². The molecule has 0 radical (unpaired) electrons. The quantitative estimate of drug-likeness (QED) is 0.856. The van der Waals surface area contributed by atoms with E-state index >= 15 is 0 Å². The Kier molecular flexibility index (Phi) is 3.20. The summed E-state index contributed by atoms with van der Waals surface area (Å²) in [5, 5.41) is 6.53. The number of morpholine rings is 1. The van der Waals surface area contributed by atoms with Gasteiger partial charge in [0, 0.05) is 24.8 Å². The van der Waals surface area contributed by atoms with Crippen LogP contribution in [-0.4, -0.2) is 45.9 Å². The van der Waals surface area contributed by atoms with Crippen molar-refractivity contribution in [1.29, 1.82) is 0 Å². The van der Waals surface area contributed by atoms with E-state index in [1.54, 1.807) is 0 Å². The first-order valence-corrected chi connectivity index (χ1v) is 6.59. The van der Waals surface area contributed by atoms with Crippen LogP contribution in [0.5, 0.6) is 0 Å². The highest BCUT2D eigenvalue weighted by Gasteiger charge is 2.18. The Morgan fingerprint density at radius 1 is 1.42 bits per heavy atom. The van der Waals surface area contributed by atoms with Crippen molar-refractivity contribution >= 4 is 11.6 Å². The third-order valence-electron chi connectivity index (χ3n) is 3.24. The zero-order chi connectivity index (χ0) is 13.2. The molecule has 1 aliphatic rings. The number of rotatable bonds is 3. The van der Waals surface area contributed by atoms with Crippen LogP contribution >= 0.6 is 0 Å². The van der Waals surface area contributed by atoms with Gasteiger partial charge >= 0.3 is 5.69 Å². The summed E-state index contributed by atoms with van der Waals surface area (Å²) in [6.45, 7) is 4.92. The number of ether oxygens (including phenoxy) is 1. The van der Waals surface area contributed by atoms with E-state index in [1.807, 2.05) is 6.07 Å². The van der Waals surface area contributed by atoms with Gasteiger partial charge in [0.2, 0.25) is 5.95 Å². The molecule has 0 saturated carbocycles. The maximum Gasteiger partial charge on any atom is 0.350 e. The SMILES string of the molecule is CCCc1cc2n[nH]c(=O)n2c(N2CCOCC2)n1. The molecular formula is C12H17N5O2. The van der Waals surface area contributed by atoms with Crippen LogP contribution in [0.3, 0.4) is 0 Å². The average Bonchev–Trinajstić information content (AvgIpc) is 2.81. The Morgan fingerprint density at radius 3 is 2.95 bits per heavy atom. The number of hydrogen-bond donors (Lipinski definition) is 1. The number of nitrogens with zero attached hydrogens (tertiary/aromatic N) is 4. The van der Waals surface area contributed by atoms with E-state index in [1.165, 1.54) is 4.40 Å².